The van der Waals surface area contributed by atoms with E-state index in [2.05, 4.69) is 21.0 Å². The molecule has 0 saturated heterocycles. The number of tetrazole rings is 1. The van der Waals surface area contributed by atoms with Crippen molar-refractivity contribution >= 4 is 28.6 Å². The number of hydroxylamine groups is 1. The first-order valence-electron chi connectivity index (χ1n) is 11.5. The highest BCUT2D eigenvalue weighted by Gasteiger charge is 2.25. The molecule has 1 heterocycles. The number of nitro benzene ring substituents is 1. The standard InChI is InChI=1S/C25H23N7O5S/c1-17(2)30(25(34)38-24-26-28-29-31(24)20-11-7-4-8-12-20)16-19-15-21(32(35)36)13-14-22(19)37-27-23(33)18-9-5-3-6-10-18/h3-15,17H,16H2,1-2H3,(H,27,33). The summed E-state index contributed by atoms with van der Waals surface area (Å²) in [5.74, 6) is -0.326. The fraction of sp³-hybridized carbons (Fsp3) is 0.160. The summed E-state index contributed by atoms with van der Waals surface area (Å²) in [6.07, 6.45) is 0. The molecular weight excluding hydrogens is 510 g/mol. The summed E-state index contributed by atoms with van der Waals surface area (Å²) in [5.41, 5.74) is 3.56. The molecule has 0 spiro atoms. The molecule has 0 unspecified atom stereocenters. The lowest BCUT2D eigenvalue weighted by Crippen LogP contribution is -2.34. The first kappa shape index (κ1) is 26.3. The van der Waals surface area contributed by atoms with Crippen molar-refractivity contribution in [3.05, 3.63) is 100 Å². The Kier molecular flexibility index (Phi) is 8.28. The van der Waals surface area contributed by atoms with Crippen molar-refractivity contribution < 1.29 is 19.3 Å². The van der Waals surface area contributed by atoms with Crippen LogP contribution in [0.15, 0.2) is 84.0 Å². The molecule has 1 N–H and O–H groups in total. The van der Waals surface area contributed by atoms with Crippen LogP contribution in [-0.2, 0) is 6.54 Å². The molecule has 1 aromatic heterocycles. The van der Waals surface area contributed by atoms with Crippen LogP contribution in [0.2, 0.25) is 0 Å². The van der Waals surface area contributed by atoms with Crippen LogP contribution >= 0.6 is 11.8 Å². The Bertz CT molecular complexity index is 1430. The van der Waals surface area contributed by atoms with E-state index in [9.17, 15) is 19.7 Å². The number of nitrogens with one attached hydrogen (secondary N) is 1. The summed E-state index contributed by atoms with van der Waals surface area (Å²) < 4.78 is 1.45. The molecule has 38 heavy (non-hydrogen) atoms. The zero-order valence-electron chi connectivity index (χ0n) is 20.4. The topological polar surface area (TPSA) is 145 Å². The minimum atomic E-state index is -0.542. The van der Waals surface area contributed by atoms with Crippen LogP contribution in [0, 0.1) is 10.1 Å². The predicted octanol–water partition coefficient (Wildman–Crippen LogP) is 4.42. The van der Waals surface area contributed by atoms with Crippen molar-refractivity contribution in [3.63, 3.8) is 0 Å². The van der Waals surface area contributed by atoms with E-state index in [0.29, 0.717) is 16.8 Å². The second-order valence-corrected chi connectivity index (χ2v) is 9.17. The molecule has 0 fully saturated rings. The molecule has 13 heteroatoms. The molecule has 0 atom stereocenters. The zero-order valence-corrected chi connectivity index (χ0v) is 21.2. The van der Waals surface area contributed by atoms with Crippen molar-refractivity contribution in [1.29, 1.82) is 0 Å². The summed E-state index contributed by atoms with van der Waals surface area (Å²) in [6.45, 7) is 3.59. The number of amides is 2. The highest BCUT2D eigenvalue weighted by Crippen LogP contribution is 2.29. The maximum Gasteiger partial charge on any atom is 0.290 e. The van der Waals surface area contributed by atoms with Gasteiger partial charge in [-0.1, -0.05) is 36.4 Å². The first-order valence-corrected chi connectivity index (χ1v) is 12.3. The summed E-state index contributed by atoms with van der Waals surface area (Å²) in [7, 11) is 0. The number of carbonyl (C=O) groups is 2. The molecule has 0 aliphatic heterocycles. The lowest BCUT2D eigenvalue weighted by molar-refractivity contribution is -0.385. The van der Waals surface area contributed by atoms with E-state index < -0.39 is 10.8 Å². The Hall–Kier alpha value is -4.78. The van der Waals surface area contributed by atoms with Gasteiger partial charge in [-0.15, -0.1) is 5.10 Å². The van der Waals surface area contributed by atoms with Crippen LogP contribution in [0.3, 0.4) is 0 Å². The van der Waals surface area contributed by atoms with Crippen LogP contribution in [0.4, 0.5) is 10.5 Å². The Morgan fingerprint density at radius 3 is 2.42 bits per heavy atom. The number of aromatic nitrogens is 4. The van der Waals surface area contributed by atoms with Gasteiger partial charge in [-0.25, -0.2) is 0 Å². The average Bonchev–Trinajstić information content (AvgIpc) is 3.39. The minimum Gasteiger partial charge on any atom is -0.379 e. The number of para-hydroxylation sites is 1. The van der Waals surface area contributed by atoms with Crippen molar-refractivity contribution in [2.75, 3.05) is 0 Å². The van der Waals surface area contributed by atoms with E-state index in [1.165, 1.54) is 27.8 Å². The van der Waals surface area contributed by atoms with Gasteiger partial charge in [0.1, 0.15) is 0 Å². The highest BCUT2D eigenvalue weighted by atomic mass is 32.2. The first-order chi connectivity index (χ1) is 18.3. The van der Waals surface area contributed by atoms with Gasteiger partial charge in [0.25, 0.3) is 16.8 Å². The van der Waals surface area contributed by atoms with Crippen molar-refractivity contribution in [3.8, 4) is 11.4 Å². The van der Waals surface area contributed by atoms with Gasteiger partial charge < -0.3 is 9.74 Å². The quantitative estimate of drug-likeness (QED) is 0.188. The van der Waals surface area contributed by atoms with Gasteiger partial charge in [0.05, 0.1) is 17.2 Å². The maximum atomic E-state index is 13.4. The lowest BCUT2D eigenvalue weighted by atomic mass is 10.1. The minimum absolute atomic E-state index is 0.0331. The molecule has 12 nitrogen and oxygen atoms in total. The van der Waals surface area contributed by atoms with Crippen LogP contribution in [-0.4, -0.2) is 47.2 Å². The average molecular weight is 534 g/mol. The molecule has 0 aliphatic rings. The number of hydrogen-bond donors (Lipinski definition) is 1. The molecular formula is C25H23N7O5S. The van der Waals surface area contributed by atoms with E-state index in [1.54, 1.807) is 30.3 Å². The van der Waals surface area contributed by atoms with Crippen molar-refractivity contribution in [1.82, 2.24) is 30.6 Å². The molecule has 4 aromatic rings. The number of benzene rings is 3. The van der Waals surface area contributed by atoms with E-state index >= 15 is 0 Å². The Morgan fingerprint density at radius 2 is 1.76 bits per heavy atom. The molecule has 0 aliphatic carbocycles. The fourth-order valence-corrected chi connectivity index (χ4v) is 4.26. The highest BCUT2D eigenvalue weighted by molar-refractivity contribution is 8.13. The molecule has 4 rings (SSSR count). The van der Waals surface area contributed by atoms with Gasteiger partial charge in [-0.2, -0.15) is 10.2 Å². The molecule has 3 aromatic carbocycles. The van der Waals surface area contributed by atoms with E-state index in [1.807, 2.05) is 44.2 Å². The molecule has 0 bridgehead atoms. The third kappa shape index (κ3) is 6.31. The van der Waals surface area contributed by atoms with Crippen LogP contribution in [0.1, 0.15) is 29.8 Å². The number of nitro groups is 1. The summed E-state index contributed by atoms with van der Waals surface area (Å²) in [4.78, 5) is 43.7. The molecule has 194 valence electrons. The summed E-state index contributed by atoms with van der Waals surface area (Å²) >= 11 is 0.829. The zero-order chi connectivity index (χ0) is 27.1. The monoisotopic (exact) mass is 533 g/mol. The Morgan fingerprint density at radius 1 is 1.08 bits per heavy atom. The summed E-state index contributed by atoms with van der Waals surface area (Å²) in [5, 5.41) is 22.9. The third-order valence-corrected chi connectivity index (χ3v) is 6.21. The second kappa shape index (κ2) is 12.0. The third-order valence-electron chi connectivity index (χ3n) is 5.36. The van der Waals surface area contributed by atoms with Crippen molar-refractivity contribution in [2.24, 2.45) is 0 Å². The van der Waals surface area contributed by atoms with E-state index in [-0.39, 0.29) is 34.4 Å². The predicted molar refractivity (Wildman–Crippen MR) is 139 cm³/mol. The van der Waals surface area contributed by atoms with Crippen LogP contribution < -0.4 is 10.3 Å². The fourth-order valence-electron chi connectivity index (χ4n) is 3.40. The van der Waals surface area contributed by atoms with Gasteiger partial charge in [0.15, 0.2) is 5.75 Å². The smallest absolute Gasteiger partial charge is 0.290 e. The molecule has 2 amide bonds. The lowest BCUT2D eigenvalue weighted by Gasteiger charge is -2.26. The number of nitrogens with zero attached hydrogens (tertiary/aromatic N) is 6. The number of rotatable bonds is 9. The number of hydrogen-bond acceptors (Lipinski definition) is 9. The van der Waals surface area contributed by atoms with Gasteiger partial charge >= 0.3 is 0 Å². The van der Waals surface area contributed by atoms with Gasteiger partial charge in [-0.3, -0.25) is 19.7 Å². The number of non-ortho nitro benzene ring substituents is 1. The Labute approximate surface area is 221 Å². The summed E-state index contributed by atoms with van der Waals surface area (Å²) in [6, 6.07) is 21.2. The molecule has 0 saturated carbocycles. The Balaban J connectivity index is 1.56. The van der Waals surface area contributed by atoms with Gasteiger partial charge in [-0.05, 0) is 54.6 Å². The maximum absolute atomic E-state index is 13.4. The second-order valence-electron chi connectivity index (χ2n) is 8.25. The van der Waals surface area contributed by atoms with E-state index in [0.717, 1.165) is 11.8 Å². The van der Waals surface area contributed by atoms with E-state index in [4.69, 9.17) is 4.84 Å². The normalized spacial score (nSPS) is 10.7. The molecule has 0 radical (unpaired) electrons. The van der Waals surface area contributed by atoms with Gasteiger partial charge in [0, 0.05) is 41.1 Å². The van der Waals surface area contributed by atoms with Crippen LogP contribution in [0.5, 0.6) is 5.75 Å². The SMILES string of the molecule is CC(C)N(Cc1cc([N+](=O)[O-])ccc1ONC(=O)c1ccccc1)C(=O)Sc1nnnn1-c1ccccc1. The van der Waals surface area contributed by atoms with Gasteiger partial charge in [0.2, 0.25) is 5.16 Å². The van der Waals surface area contributed by atoms with Crippen LogP contribution in [0.25, 0.3) is 5.69 Å². The van der Waals surface area contributed by atoms with Crippen molar-refractivity contribution in [2.45, 2.75) is 31.6 Å². The number of thioether (sulfide) groups is 1. The number of carbonyl (C=O) groups excluding carboxylic acids is 2. The largest absolute Gasteiger partial charge is 0.379 e.